The summed E-state index contributed by atoms with van der Waals surface area (Å²) in [7, 11) is 4.39. The van der Waals surface area contributed by atoms with Gasteiger partial charge in [0.1, 0.15) is 0 Å². The molecule has 0 spiro atoms. The van der Waals surface area contributed by atoms with Crippen molar-refractivity contribution in [2.45, 2.75) is 32.9 Å². The molecule has 1 N–H and O–H groups in total. The highest BCUT2D eigenvalue weighted by atomic mass is 35.5. The van der Waals surface area contributed by atoms with Gasteiger partial charge in [0.25, 0.3) is 0 Å². The van der Waals surface area contributed by atoms with E-state index in [0.29, 0.717) is 6.04 Å². The Balaban J connectivity index is 2.06. The van der Waals surface area contributed by atoms with Gasteiger partial charge in [-0.25, -0.2) is 0 Å². The molecule has 1 saturated heterocycles. The predicted molar refractivity (Wildman–Crippen MR) is 92.3 cm³/mol. The second kappa shape index (κ2) is 7.48. The van der Waals surface area contributed by atoms with Crippen LogP contribution in [-0.2, 0) is 6.54 Å². The molecule has 2 rings (SSSR count). The van der Waals surface area contributed by atoms with Gasteiger partial charge >= 0.3 is 0 Å². The highest BCUT2D eigenvalue weighted by Gasteiger charge is 2.21. The summed E-state index contributed by atoms with van der Waals surface area (Å²) in [5.41, 5.74) is 2.58. The summed E-state index contributed by atoms with van der Waals surface area (Å²) in [5, 5.41) is 4.31. The number of nitrogens with zero attached hydrogens (tertiary/aromatic N) is 2. The summed E-state index contributed by atoms with van der Waals surface area (Å²) in [4.78, 5) is 4.78. The number of rotatable bonds is 6. The normalized spacial score (nSPS) is 19.4. The fourth-order valence-corrected chi connectivity index (χ4v) is 3.18. The third-order valence-corrected chi connectivity index (χ3v) is 4.42. The molecule has 1 atom stereocenters. The second-order valence-electron chi connectivity index (χ2n) is 6.61. The van der Waals surface area contributed by atoms with Crippen LogP contribution in [0.25, 0.3) is 0 Å². The van der Waals surface area contributed by atoms with Crippen LogP contribution in [0.15, 0.2) is 18.2 Å². The van der Waals surface area contributed by atoms with Crippen LogP contribution in [0.1, 0.15) is 25.8 Å². The van der Waals surface area contributed by atoms with Crippen LogP contribution in [0, 0.1) is 5.92 Å². The first-order chi connectivity index (χ1) is 9.95. The van der Waals surface area contributed by atoms with E-state index in [1.165, 1.54) is 30.8 Å². The molecule has 0 radical (unpaired) electrons. The van der Waals surface area contributed by atoms with E-state index in [0.717, 1.165) is 24.0 Å². The molecular weight excluding hydrogens is 282 g/mol. The topological polar surface area (TPSA) is 18.5 Å². The molecule has 118 valence electrons. The standard InChI is InChI=1S/C17H28ClN3/c1-13(2)19-10-15-5-6-16(18)9-17(15)21(4)12-14-7-8-20(3)11-14/h5-6,9,13-14,19H,7-8,10-12H2,1-4H3. The van der Waals surface area contributed by atoms with E-state index in [-0.39, 0.29) is 0 Å². The summed E-state index contributed by atoms with van der Waals surface area (Å²) in [6.45, 7) is 8.75. The lowest BCUT2D eigenvalue weighted by atomic mass is 10.1. The summed E-state index contributed by atoms with van der Waals surface area (Å²) in [6, 6.07) is 6.71. The van der Waals surface area contributed by atoms with Gasteiger partial charge in [0.15, 0.2) is 0 Å². The molecule has 1 aromatic carbocycles. The van der Waals surface area contributed by atoms with Crippen molar-refractivity contribution in [3.05, 3.63) is 28.8 Å². The quantitative estimate of drug-likeness (QED) is 0.870. The van der Waals surface area contributed by atoms with Gasteiger partial charge in [-0.05, 0) is 43.6 Å². The number of hydrogen-bond donors (Lipinski definition) is 1. The fraction of sp³-hybridized carbons (Fsp3) is 0.647. The zero-order valence-electron chi connectivity index (χ0n) is 13.7. The van der Waals surface area contributed by atoms with Gasteiger partial charge in [0, 0.05) is 43.4 Å². The number of nitrogens with one attached hydrogen (secondary N) is 1. The minimum Gasteiger partial charge on any atom is -0.374 e. The van der Waals surface area contributed by atoms with Crippen LogP contribution in [-0.4, -0.2) is 44.7 Å². The van der Waals surface area contributed by atoms with Gasteiger partial charge in [-0.2, -0.15) is 0 Å². The Morgan fingerprint density at radius 2 is 2.19 bits per heavy atom. The summed E-state index contributed by atoms with van der Waals surface area (Å²) in [5.74, 6) is 0.755. The van der Waals surface area contributed by atoms with Crippen LogP contribution < -0.4 is 10.2 Å². The maximum atomic E-state index is 6.21. The molecule has 0 amide bonds. The van der Waals surface area contributed by atoms with Crippen molar-refractivity contribution in [1.29, 1.82) is 0 Å². The van der Waals surface area contributed by atoms with Crippen LogP contribution in [0.4, 0.5) is 5.69 Å². The second-order valence-corrected chi connectivity index (χ2v) is 7.04. The molecule has 0 aliphatic carbocycles. The first kappa shape index (κ1) is 16.6. The third-order valence-electron chi connectivity index (χ3n) is 4.18. The number of benzene rings is 1. The fourth-order valence-electron chi connectivity index (χ4n) is 3.02. The van der Waals surface area contributed by atoms with Crippen molar-refractivity contribution in [1.82, 2.24) is 10.2 Å². The molecule has 1 unspecified atom stereocenters. The van der Waals surface area contributed by atoms with E-state index >= 15 is 0 Å². The molecule has 0 saturated carbocycles. The Hall–Kier alpha value is -0.770. The largest absolute Gasteiger partial charge is 0.374 e. The number of hydrogen-bond acceptors (Lipinski definition) is 3. The minimum absolute atomic E-state index is 0.488. The highest BCUT2D eigenvalue weighted by Crippen LogP contribution is 2.26. The Morgan fingerprint density at radius 3 is 2.81 bits per heavy atom. The Kier molecular flexibility index (Phi) is 5.91. The lowest BCUT2D eigenvalue weighted by Crippen LogP contribution is -2.29. The number of anilines is 1. The van der Waals surface area contributed by atoms with Crippen molar-refractivity contribution < 1.29 is 0 Å². The zero-order valence-corrected chi connectivity index (χ0v) is 14.5. The van der Waals surface area contributed by atoms with Crippen molar-refractivity contribution >= 4 is 17.3 Å². The molecule has 1 aromatic rings. The molecule has 1 aliphatic heterocycles. The minimum atomic E-state index is 0.488. The SMILES string of the molecule is CC(C)NCc1ccc(Cl)cc1N(C)CC1CCN(C)C1. The average molecular weight is 310 g/mol. The zero-order chi connectivity index (χ0) is 15.4. The molecule has 1 aliphatic rings. The molecule has 0 aromatic heterocycles. The predicted octanol–water partition coefficient (Wildman–Crippen LogP) is 3.23. The van der Waals surface area contributed by atoms with E-state index in [2.05, 4.69) is 55.2 Å². The molecule has 1 fully saturated rings. The van der Waals surface area contributed by atoms with Gasteiger partial charge in [-0.3, -0.25) is 0 Å². The molecule has 0 bridgehead atoms. The Morgan fingerprint density at radius 1 is 1.43 bits per heavy atom. The lowest BCUT2D eigenvalue weighted by Gasteiger charge is -2.26. The maximum Gasteiger partial charge on any atom is 0.0426 e. The van der Waals surface area contributed by atoms with E-state index in [1.54, 1.807) is 0 Å². The van der Waals surface area contributed by atoms with Gasteiger partial charge < -0.3 is 15.1 Å². The number of halogens is 1. The smallest absolute Gasteiger partial charge is 0.0426 e. The Labute approximate surface area is 134 Å². The lowest BCUT2D eigenvalue weighted by molar-refractivity contribution is 0.396. The number of likely N-dealkylation sites (tertiary alicyclic amines) is 1. The first-order valence-electron chi connectivity index (χ1n) is 7.87. The van der Waals surface area contributed by atoms with E-state index in [9.17, 15) is 0 Å². The van der Waals surface area contributed by atoms with E-state index in [1.807, 2.05) is 6.07 Å². The molecule has 1 heterocycles. The van der Waals surface area contributed by atoms with Crippen LogP contribution >= 0.6 is 11.6 Å². The van der Waals surface area contributed by atoms with Crippen molar-refractivity contribution in [3.8, 4) is 0 Å². The summed E-state index contributed by atoms with van der Waals surface area (Å²) >= 11 is 6.21. The highest BCUT2D eigenvalue weighted by molar-refractivity contribution is 6.30. The molecule has 21 heavy (non-hydrogen) atoms. The van der Waals surface area contributed by atoms with Crippen LogP contribution in [0.3, 0.4) is 0 Å². The van der Waals surface area contributed by atoms with Gasteiger partial charge in [0.2, 0.25) is 0 Å². The van der Waals surface area contributed by atoms with Crippen molar-refractivity contribution in [2.75, 3.05) is 38.6 Å². The summed E-state index contributed by atoms with van der Waals surface area (Å²) < 4.78 is 0. The first-order valence-corrected chi connectivity index (χ1v) is 8.25. The van der Waals surface area contributed by atoms with Gasteiger partial charge in [0.05, 0.1) is 0 Å². The van der Waals surface area contributed by atoms with E-state index < -0.39 is 0 Å². The van der Waals surface area contributed by atoms with Crippen LogP contribution in [0.5, 0.6) is 0 Å². The van der Waals surface area contributed by atoms with Crippen molar-refractivity contribution in [3.63, 3.8) is 0 Å². The van der Waals surface area contributed by atoms with Crippen LogP contribution in [0.2, 0.25) is 5.02 Å². The van der Waals surface area contributed by atoms with E-state index in [4.69, 9.17) is 11.6 Å². The monoisotopic (exact) mass is 309 g/mol. The van der Waals surface area contributed by atoms with Gasteiger partial charge in [-0.1, -0.05) is 31.5 Å². The maximum absolute atomic E-state index is 6.21. The molecular formula is C17H28ClN3. The molecule has 4 heteroatoms. The third kappa shape index (κ3) is 4.87. The molecule has 3 nitrogen and oxygen atoms in total. The Bertz CT molecular complexity index is 461. The van der Waals surface area contributed by atoms with Gasteiger partial charge in [-0.15, -0.1) is 0 Å². The van der Waals surface area contributed by atoms with Crippen molar-refractivity contribution in [2.24, 2.45) is 5.92 Å². The summed E-state index contributed by atoms with van der Waals surface area (Å²) in [6.07, 6.45) is 1.29. The average Bonchev–Trinajstić information content (AvgIpc) is 2.82.